The van der Waals surface area contributed by atoms with E-state index in [9.17, 15) is 26.7 Å². The second kappa shape index (κ2) is 4.55. The third-order valence-corrected chi connectivity index (χ3v) is 2.69. The van der Waals surface area contributed by atoms with Crippen LogP contribution in [0.3, 0.4) is 0 Å². The largest absolute Gasteiger partial charge is 0.457 e. The molecule has 0 amide bonds. The quantitative estimate of drug-likeness (QED) is 0.338. The number of carbonyl (C=O) groups excluding carboxylic acids is 1. The Bertz CT molecular complexity index is 486. The Morgan fingerprint density at radius 2 is 1.39 bits per heavy atom. The summed E-state index contributed by atoms with van der Waals surface area (Å²) in [6, 6.07) is 0. The number of ether oxygens (including phenoxy) is 1. The standard InChI is InChI=1S/C11H7F5O2/c12-7-6(4-2-1-3-5(17)18-4)8(13)10(15)11(16)9(7)14/h4H,1-3H2. The lowest BCUT2D eigenvalue weighted by molar-refractivity contribution is -0.154. The van der Waals surface area contributed by atoms with Crippen LogP contribution in [0.15, 0.2) is 0 Å². The zero-order valence-corrected chi connectivity index (χ0v) is 8.90. The van der Waals surface area contributed by atoms with E-state index in [1.54, 1.807) is 0 Å². The van der Waals surface area contributed by atoms with Crippen molar-refractivity contribution >= 4 is 5.97 Å². The van der Waals surface area contributed by atoms with E-state index < -0.39 is 46.7 Å². The maximum atomic E-state index is 13.4. The molecule has 1 saturated heterocycles. The average Bonchev–Trinajstić information content (AvgIpc) is 2.34. The van der Waals surface area contributed by atoms with Gasteiger partial charge in [0.15, 0.2) is 23.3 Å². The van der Waals surface area contributed by atoms with Crippen LogP contribution < -0.4 is 0 Å². The van der Waals surface area contributed by atoms with E-state index in [2.05, 4.69) is 4.74 Å². The Hall–Kier alpha value is -1.66. The van der Waals surface area contributed by atoms with E-state index in [0.29, 0.717) is 0 Å². The van der Waals surface area contributed by atoms with Gasteiger partial charge in [0.1, 0.15) is 6.10 Å². The van der Waals surface area contributed by atoms with Crippen molar-refractivity contribution in [1.82, 2.24) is 0 Å². The number of hydrogen-bond acceptors (Lipinski definition) is 2. The molecule has 18 heavy (non-hydrogen) atoms. The molecule has 7 heteroatoms. The Kier molecular flexibility index (Phi) is 3.23. The molecular weight excluding hydrogens is 259 g/mol. The number of esters is 1. The summed E-state index contributed by atoms with van der Waals surface area (Å²) in [7, 11) is 0. The topological polar surface area (TPSA) is 26.3 Å². The van der Waals surface area contributed by atoms with Crippen molar-refractivity contribution in [2.24, 2.45) is 0 Å². The molecule has 1 aromatic carbocycles. The Morgan fingerprint density at radius 1 is 0.889 bits per heavy atom. The number of benzene rings is 1. The van der Waals surface area contributed by atoms with Gasteiger partial charge in [-0.15, -0.1) is 0 Å². The van der Waals surface area contributed by atoms with Crippen LogP contribution in [-0.4, -0.2) is 5.97 Å². The molecule has 1 aliphatic heterocycles. The fraction of sp³-hybridized carbons (Fsp3) is 0.364. The number of carbonyl (C=O) groups is 1. The third kappa shape index (κ3) is 1.93. The Labute approximate surface area is 98.4 Å². The lowest BCUT2D eigenvalue weighted by Gasteiger charge is -2.23. The van der Waals surface area contributed by atoms with Crippen LogP contribution in [0.5, 0.6) is 0 Å². The van der Waals surface area contributed by atoms with Crippen molar-refractivity contribution < 1.29 is 31.5 Å². The first-order chi connectivity index (χ1) is 8.43. The maximum absolute atomic E-state index is 13.4. The monoisotopic (exact) mass is 266 g/mol. The van der Waals surface area contributed by atoms with Crippen molar-refractivity contribution in [3.05, 3.63) is 34.6 Å². The molecule has 1 atom stereocenters. The van der Waals surface area contributed by atoms with Gasteiger partial charge in [0.25, 0.3) is 0 Å². The SMILES string of the molecule is O=C1CCCC(c2c(F)c(F)c(F)c(F)c2F)O1. The molecule has 1 aromatic rings. The molecule has 1 aliphatic rings. The average molecular weight is 266 g/mol. The van der Waals surface area contributed by atoms with Gasteiger partial charge in [-0.3, -0.25) is 4.79 Å². The second-order valence-corrected chi connectivity index (χ2v) is 3.85. The lowest BCUT2D eigenvalue weighted by atomic mass is 9.99. The Morgan fingerprint density at radius 3 is 1.89 bits per heavy atom. The molecular formula is C11H7F5O2. The summed E-state index contributed by atoms with van der Waals surface area (Å²) in [6.07, 6.45) is -1.09. The van der Waals surface area contributed by atoms with Gasteiger partial charge < -0.3 is 4.74 Å². The molecule has 1 fully saturated rings. The van der Waals surface area contributed by atoms with E-state index >= 15 is 0 Å². The fourth-order valence-corrected chi connectivity index (χ4v) is 1.82. The van der Waals surface area contributed by atoms with Gasteiger partial charge >= 0.3 is 5.97 Å². The van der Waals surface area contributed by atoms with Crippen LogP contribution in [0.25, 0.3) is 0 Å². The minimum absolute atomic E-state index is 0.0179. The van der Waals surface area contributed by atoms with Crippen molar-refractivity contribution in [2.45, 2.75) is 25.4 Å². The van der Waals surface area contributed by atoms with E-state index in [-0.39, 0.29) is 19.3 Å². The van der Waals surface area contributed by atoms with Crippen molar-refractivity contribution in [2.75, 3.05) is 0 Å². The van der Waals surface area contributed by atoms with Gasteiger partial charge in [-0.1, -0.05) is 0 Å². The van der Waals surface area contributed by atoms with Crippen LogP contribution in [0.1, 0.15) is 30.9 Å². The Balaban J connectivity index is 2.53. The minimum atomic E-state index is -2.23. The molecule has 1 heterocycles. The normalized spacial score (nSPS) is 19.8. The second-order valence-electron chi connectivity index (χ2n) is 3.85. The number of cyclic esters (lactones) is 1. The molecule has 2 nitrogen and oxygen atoms in total. The lowest BCUT2D eigenvalue weighted by Crippen LogP contribution is -2.21. The van der Waals surface area contributed by atoms with Gasteiger partial charge in [-0.25, -0.2) is 22.0 Å². The molecule has 0 aliphatic carbocycles. The molecule has 0 aromatic heterocycles. The van der Waals surface area contributed by atoms with Gasteiger partial charge in [0.05, 0.1) is 5.56 Å². The van der Waals surface area contributed by atoms with Crippen LogP contribution in [0.2, 0.25) is 0 Å². The summed E-state index contributed by atoms with van der Waals surface area (Å²) < 4.78 is 70.1. The summed E-state index contributed by atoms with van der Waals surface area (Å²) in [4.78, 5) is 11.0. The predicted octanol–water partition coefficient (Wildman–Crippen LogP) is 3.15. The summed E-state index contributed by atoms with van der Waals surface area (Å²) >= 11 is 0. The first-order valence-corrected chi connectivity index (χ1v) is 5.14. The highest BCUT2D eigenvalue weighted by Crippen LogP contribution is 2.34. The molecule has 0 N–H and O–H groups in total. The first kappa shape index (κ1) is 12.8. The van der Waals surface area contributed by atoms with E-state index in [1.807, 2.05) is 0 Å². The number of hydrogen-bond donors (Lipinski definition) is 0. The van der Waals surface area contributed by atoms with Gasteiger partial charge in [-0.05, 0) is 12.8 Å². The van der Waals surface area contributed by atoms with Gasteiger partial charge in [0, 0.05) is 6.42 Å². The molecule has 0 spiro atoms. The number of halogens is 5. The summed E-state index contributed by atoms with van der Waals surface area (Å²) in [5.41, 5.74) is -1.08. The third-order valence-electron chi connectivity index (χ3n) is 2.69. The van der Waals surface area contributed by atoms with E-state index in [1.165, 1.54) is 0 Å². The van der Waals surface area contributed by atoms with Crippen LogP contribution >= 0.6 is 0 Å². The highest BCUT2D eigenvalue weighted by atomic mass is 19.2. The van der Waals surface area contributed by atoms with Crippen LogP contribution in [0.4, 0.5) is 22.0 Å². The highest BCUT2D eigenvalue weighted by molar-refractivity contribution is 5.70. The summed E-state index contributed by atoms with van der Waals surface area (Å²) in [6.45, 7) is 0. The van der Waals surface area contributed by atoms with Gasteiger partial charge in [0.2, 0.25) is 5.82 Å². The molecule has 0 radical (unpaired) electrons. The van der Waals surface area contributed by atoms with Crippen molar-refractivity contribution in [1.29, 1.82) is 0 Å². The minimum Gasteiger partial charge on any atom is -0.457 e. The maximum Gasteiger partial charge on any atom is 0.306 e. The number of rotatable bonds is 1. The molecule has 2 rings (SSSR count). The van der Waals surface area contributed by atoms with Gasteiger partial charge in [-0.2, -0.15) is 0 Å². The highest BCUT2D eigenvalue weighted by Gasteiger charge is 2.33. The molecule has 0 saturated carbocycles. The van der Waals surface area contributed by atoms with Crippen LogP contribution in [0, 0.1) is 29.1 Å². The summed E-state index contributed by atoms with van der Waals surface area (Å²) in [5, 5.41) is 0. The van der Waals surface area contributed by atoms with Crippen molar-refractivity contribution in [3.63, 3.8) is 0 Å². The zero-order valence-electron chi connectivity index (χ0n) is 8.90. The molecule has 1 unspecified atom stereocenters. The summed E-state index contributed by atoms with van der Waals surface area (Å²) in [5.74, 6) is -10.9. The molecule has 0 bridgehead atoms. The smallest absolute Gasteiger partial charge is 0.306 e. The van der Waals surface area contributed by atoms with Crippen molar-refractivity contribution in [3.8, 4) is 0 Å². The fourth-order valence-electron chi connectivity index (χ4n) is 1.82. The zero-order chi connectivity index (χ0) is 13.4. The van der Waals surface area contributed by atoms with E-state index in [0.717, 1.165) is 0 Å². The predicted molar refractivity (Wildman–Crippen MR) is 48.9 cm³/mol. The molecule has 98 valence electrons. The first-order valence-electron chi connectivity index (χ1n) is 5.14. The van der Waals surface area contributed by atoms with E-state index in [4.69, 9.17) is 0 Å². The van der Waals surface area contributed by atoms with Crippen LogP contribution in [-0.2, 0) is 9.53 Å².